The van der Waals surface area contributed by atoms with Crippen LogP contribution in [0.5, 0.6) is 0 Å². The largest absolute Gasteiger partial charge is 0.158 e. The highest BCUT2D eigenvalue weighted by atomic mass is 15.1. The molecule has 0 saturated carbocycles. The Labute approximate surface area is 90.3 Å². The van der Waals surface area contributed by atoms with Crippen LogP contribution in [0.25, 0.3) is 10.8 Å². The number of benzene rings is 1. The molecule has 0 aliphatic rings. The van der Waals surface area contributed by atoms with E-state index in [1.54, 1.807) is 0 Å². The topological polar surface area (TPSA) is 25.8 Å². The SMILES string of the molecule is CCCCCc1nncc2ccccc12. The van der Waals surface area contributed by atoms with Crippen molar-refractivity contribution in [3.63, 3.8) is 0 Å². The van der Waals surface area contributed by atoms with Gasteiger partial charge >= 0.3 is 0 Å². The molecule has 0 aliphatic carbocycles. The minimum absolute atomic E-state index is 1.04. The fourth-order valence-electron chi connectivity index (χ4n) is 1.81. The van der Waals surface area contributed by atoms with Crippen LogP contribution in [0.2, 0.25) is 0 Å². The van der Waals surface area contributed by atoms with Gasteiger partial charge in [0.1, 0.15) is 0 Å². The van der Waals surface area contributed by atoms with Crippen LogP contribution in [0.3, 0.4) is 0 Å². The van der Waals surface area contributed by atoms with E-state index in [0.29, 0.717) is 0 Å². The van der Waals surface area contributed by atoms with Crippen molar-refractivity contribution in [2.75, 3.05) is 0 Å². The maximum absolute atomic E-state index is 4.23. The van der Waals surface area contributed by atoms with E-state index >= 15 is 0 Å². The third kappa shape index (κ3) is 2.32. The Morgan fingerprint density at radius 1 is 1.13 bits per heavy atom. The van der Waals surface area contributed by atoms with Crippen LogP contribution in [0.15, 0.2) is 30.5 Å². The Bertz CT molecular complexity index is 432. The van der Waals surface area contributed by atoms with Gasteiger partial charge in [0, 0.05) is 10.8 Å². The van der Waals surface area contributed by atoms with Crippen molar-refractivity contribution in [3.05, 3.63) is 36.2 Å². The number of hydrogen-bond donors (Lipinski definition) is 0. The van der Waals surface area contributed by atoms with Gasteiger partial charge in [0.05, 0.1) is 11.9 Å². The second-order valence-corrected chi connectivity index (χ2v) is 3.84. The molecule has 0 amide bonds. The van der Waals surface area contributed by atoms with E-state index in [0.717, 1.165) is 12.1 Å². The predicted octanol–water partition coefficient (Wildman–Crippen LogP) is 3.36. The third-order valence-electron chi connectivity index (χ3n) is 2.66. The Hall–Kier alpha value is -1.44. The van der Waals surface area contributed by atoms with Crippen LogP contribution < -0.4 is 0 Å². The van der Waals surface area contributed by atoms with Crippen LogP contribution in [-0.2, 0) is 6.42 Å². The lowest BCUT2D eigenvalue weighted by Crippen LogP contribution is -1.94. The number of rotatable bonds is 4. The van der Waals surface area contributed by atoms with E-state index in [1.165, 1.54) is 30.0 Å². The molecule has 0 aliphatic heterocycles. The van der Waals surface area contributed by atoms with Crippen LogP contribution in [-0.4, -0.2) is 10.2 Å². The quantitative estimate of drug-likeness (QED) is 0.707. The summed E-state index contributed by atoms with van der Waals surface area (Å²) in [4.78, 5) is 0. The number of aromatic nitrogens is 2. The second kappa shape index (κ2) is 4.87. The highest BCUT2D eigenvalue weighted by molar-refractivity contribution is 5.83. The van der Waals surface area contributed by atoms with Gasteiger partial charge < -0.3 is 0 Å². The second-order valence-electron chi connectivity index (χ2n) is 3.84. The molecule has 15 heavy (non-hydrogen) atoms. The zero-order chi connectivity index (χ0) is 10.5. The molecular formula is C13H16N2. The molecule has 0 spiro atoms. The first-order valence-electron chi connectivity index (χ1n) is 5.61. The van der Waals surface area contributed by atoms with E-state index in [4.69, 9.17) is 0 Å². The molecule has 0 radical (unpaired) electrons. The van der Waals surface area contributed by atoms with Crippen molar-refractivity contribution in [2.24, 2.45) is 0 Å². The Kier molecular flexibility index (Phi) is 3.28. The average molecular weight is 200 g/mol. The monoisotopic (exact) mass is 200 g/mol. The van der Waals surface area contributed by atoms with Crippen molar-refractivity contribution in [1.29, 1.82) is 0 Å². The highest BCUT2D eigenvalue weighted by Gasteiger charge is 2.01. The maximum atomic E-state index is 4.23. The summed E-state index contributed by atoms with van der Waals surface area (Å²) in [5.74, 6) is 0. The minimum atomic E-state index is 1.04. The normalized spacial score (nSPS) is 10.7. The van der Waals surface area contributed by atoms with Gasteiger partial charge in [-0.05, 0) is 12.8 Å². The summed E-state index contributed by atoms with van der Waals surface area (Å²) in [6.45, 7) is 2.22. The molecule has 1 aromatic carbocycles. The van der Waals surface area contributed by atoms with Gasteiger partial charge in [-0.15, -0.1) is 0 Å². The molecule has 1 aromatic heterocycles. The van der Waals surface area contributed by atoms with E-state index in [9.17, 15) is 0 Å². The lowest BCUT2D eigenvalue weighted by atomic mass is 10.1. The number of hydrogen-bond acceptors (Lipinski definition) is 2. The van der Waals surface area contributed by atoms with Crippen molar-refractivity contribution >= 4 is 10.8 Å². The van der Waals surface area contributed by atoms with Gasteiger partial charge in [0.15, 0.2) is 0 Å². The van der Waals surface area contributed by atoms with Gasteiger partial charge in [-0.2, -0.15) is 10.2 Å². The highest BCUT2D eigenvalue weighted by Crippen LogP contribution is 2.16. The van der Waals surface area contributed by atoms with Crippen molar-refractivity contribution in [3.8, 4) is 0 Å². The smallest absolute Gasteiger partial charge is 0.0709 e. The fraction of sp³-hybridized carbons (Fsp3) is 0.385. The molecule has 0 bridgehead atoms. The summed E-state index contributed by atoms with van der Waals surface area (Å²) in [6.07, 6.45) is 6.60. The van der Waals surface area contributed by atoms with Gasteiger partial charge in [-0.1, -0.05) is 44.0 Å². The van der Waals surface area contributed by atoms with E-state index in [1.807, 2.05) is 12.3 Å². The first-order chi connectivity index (χ1) is 7.42. The standard InChI is InChI=1S/C13H16N2/c1-2-3-4-9-13-12-8-6-5-7-11(12)10-14-15-13/h5-8,10H,2-4,9H2,1H3. The molecule has 0 atom stereocenters. The number of nitrogens with zero attached hydrogens (tertiary/aromatic N) is 2. The van der Waals surface area contributed by atoms with Gasteiger partial charge in [-0.3, -0.25) is 0 Å². The van der Waals surface area contributed by atoms with Crippen LogP contribution in [0.4, 0.5) is 0 Å². The third-order valence-corrected chi connectivity index (χ3v) is 2.66. The zero-order valence-corrected chi connectivity index (χ0v) is 9.11. The van der Waals surface area contributed by atoms with E-state index in [2.05, 4.69) is 35.3 Å². The molecule has 2 aromatic rings. The average Bonchev–Trinajstić information content (AvgIpc) is 2.30. The lowest BCUT2D eigenvalue weighted by Gasteiger charge is -2.03. The van der Waals surface area contributed by atoms with Crippen LogP contribution in [0.1, 0.15) is 31.9 Å². The molecule has 0 unspecified atom stereocenters. The lowest BCUT2D eigenvalue weighted by molar-refractivity contribution is 0.703. The number of unbranched alkanes of at least 4 members (excludes halogenated alkanes) is 2. The van der Waals surface area contributed by atoms with Crippen LogP contribution >= 0.6 is 0 Å². The van der Waals surface area contributed by atoms with Crippen molar-refractivity contribution < 1.29 is 0 Å². The first-order valence-corrected chi connectivity index (χ1v) is 5.61. The fourth-order valence-corrected chi connectivity index (χ4v) is 1.81. The molecule has 2 nitrogen and oxygen atoms in total. The summed E-state index contributed by atoms with van der Waals surface area (Å²) >= 11 is 0. The molecular weight excluding hydrogens is 184 g/mol. The zero-order valence-electron chi connectivity index (χ0n) is 9.11. The minimum Gasteiger partial charge on any atom is -0.158 e. The Morgan fingerprint density at radius 2 is 2.00 bits per heavy atom. The predicted molar refractivity (Wildman–Crippen MR) is 62.8 cm³/mol. The summed E-state index contributed by atoms with van der Waals surface area (Å²) in [6, 6.07) is 8.33. The van der Waals surface area contributed by atoms with Crippen molar-refractivity contribution in [1.82, 2.24) is 10.2 Å². The molecule has 2 rings (SSSR count). The summed E-state index contributed by atoms with van der Waals surface area (Å²) in [7, 11) is 0. The summed E-state index contributed by atoms with van der Waals surface area (Å²) in [5, 5.41) is 10.7. The molecule has 1 heterocycles. The molecule has 0 N–H and O–H groups in total. The molecule has 0 saturated heterocycles. The van der Waals surface area contributed by atoms with Crippen LogP contribution in [0, 0.1) is 0 Å². The van der Waals surface area contributed by atoms with Crippen molar-refractivity contribution in [2.45, 2.75) is 32.6 Å². The molecule has 2 heteroatoms. The van der Waals surface area contributed by atoms with Gasteiger partial charge in [0.2, 0.25) is 0 Å². The summed E-state index contributed by atoms with van der Waals surface area (Å²) in [5.41, 5.74) is 1.14. The number of fused-ring (bicyclic) bond motifs is 1. The Morgan fingerprint density at radius 3 is 2.87 bits per heavy atom. The molecule has 0 fully saturated rings. The summed E-state index contributed by atoms with van der Waals surface area (Å²) < 4.78 is 0. The van der Waals surface area contributed by atoms with E-state index < -0.39 is 0 Å². The molecule has 78 valence electrons. The maximum Gasteiger partial charge on any atom is 0.0709 e. The van der Waals surface area contributed by atoms with E-state index in [-0.39, 0.29) is 0 Å². The Balaban J connectivity index is 2.26. The number of aryl methyl sites for hydroxylation is 1. The van der Waals surface area contributed by atoms with Gasteiger partial charge in [0.25, 0.3) is 0 Å². The van der Waals surface area contributed by atoms with Gasteiger partial charge in [-0.25, -0.2) is 0 Å². The first kappa shape index (κ1) is 10.1.